The third kappa shape index (κ3) is 3.01. The van der Waals surface area contributed by atoms with Crippen LogP contribution in [0.25, 0.3) is 16.6 Å². The number of benzene rings is 2. The third-order valence-corrected chi connectivity index (χ3v) is 4.12. The Morgan fingerprint density at radius 2 is 1.96 bits per heavy atom. The fraction of sp³-hybridized carbons (Fsp3) is 0.105. The molecule has 0 aliphatic heterocycles. The maximum atomic E-state index is 12.0. The van der Waals surface area contributed by atoms with E-state index in [1.165, 1.54) is 4.57 Å². The Morgan fingerprint density at radius 1 is 1.12 bits per heavy atom. The number of rotatable bonds is 4. The summed E-state index contributed by atoms with van der Waals surface area (Å²) in [7, 11) is 1.70. The third-order valence-electron chi connectivity index (χ3n) is 4.12. The first-order chi connectivity index (χ1) is 12.2. The average molecular weight is 331 g/mol. The van der Waals surface area contributed by atoms with Crippen LogP contribution in [0.15, 0.2) is 72.0 Å². The highest BCUT2D eigenvalue weighted by Gasteiger charge is 2.03. The summed E-state index contributed by atoms with van der Waals surface area (Å²) in [5.41, 5.74) is 3.78. The average Bonchev–Trinajstić information content (AvgIpc) is 3.18. The molecule has 124 valence electrons. The van der Waals surface area contributed by atoms with Crippen molar-refractivity contribution in [2.75, 3.05) is 5.32 Å². The molecule has 0 saturated carbocycles. The standard InChI is InChI=1S/C19H17N5O/c1-23-13-21-18-11-15(5-8-17(18)19(23)25)20-12-14-3-6-16(7-4-14)24-10-2-9-22-24/h2-11,13,20H,12H2,1H3. The highest BCUT2D eigenvalue weighted by atomic mass is 16.1. The summed E-state index contributed by atoms with van der Waals surface area (Å²) >= 11 is 0. The normalized spacial score (nSPS) is 10.9. The lowest BCUT2D eigenvalue weighted by Gasteiger charge is -2.09. The SMILES string of the molecule is Cn1cnc2cc(NCc3ccc(-n4cccn4)cc3)ccc2c1=O. The smallest absolute Gasteiger partial charge is 0.260 e. The minimum absolute atomic E-state index is 0.0363. The van der Waals surface area contributed by atoms with Gasteiger partial charge in [0.25, 0.3) is 5.56 Å². The predicted octanol–water partition coefficient (Wildman–Crippen LogP) is 2.73. The van der Waals surface area contributed by atoms with E-state index in [4.69, 9.17) is 0 Å². The van der Waals surface area contributed by atoms with Gasteiger partial charge in [-0.1, -0.05) is 12.1 Å². The molecular weight excluding hydrogens is 314 g/mol. The number of aromatic nitrogens is 4. The van der Waals surface area contributed by atoms with Gasteiger partial charge in [-0.25, -0.2) is 9.67 Å². The molecular formula is C19H17N5O. The summed E-state index contributed by atoms with van der Waals surface area (Å²) in [6.45, 7) is 0.690. The Morgan fingerprint density at radius 3 is 2.72 bits per heavy atom. The summed E-state index contributed by atoms with van der Waals surface area (Å²) in [6.07, 6.45) is 5.22. The van der Waals surface area contributed by atoms with Crippen molar-refractivity contribution in [3.8, 4) is 5.69 Å². The summed E-state index contributed by atoms with van der Waals surface area (Å²) in [4.78, 5) is 16.4. The molecule has 0 aliphatic carbocycles. The molecule has 2 aromatic heterocycles. The van der Waals surface area contributed by atoms with E-state index in [1.54, 1.807) is 19.6 Å². The number of hydrogen-bond acceptors (Lipinski definition) is 4. The van der Waals surface area contributed by atoms with Crippen LogP contribution in [0.4, 0.5) is 5.69 Å². The Kier molecular flexibility index (Phi) is 3.78. The molecule has 0 atom stereocenters. The van der Waals surface area contributed by atoms with Crippen LogP contribution < -0.4 is 10.9 Å². The number of hydrogen-bond donors (Lipinski definition) is 1. The van der Waals surface area contributed by atoms with E-state index in [2.05, 4.69) is 27.5 Å². The zero-order chi connectivity index (χ0) is 17.2. The van der Waals surface area contributed by atoms with Crippen LogP contribution in [0.2, 0.25) is 0 Å². The second-order valence-corrected chi connectivity index (χ2v) is 5.86. The van der Waals surface area contributed by atoms with Gasteiger partial charge in [-0.3, -0.25) is 4.79 Å². The van der Waals surface area contributed by atoms with Gasteiger partial charge in [0.1, 0.15) is 0 Å². The molecule has 2 heterocycles. The van der Waals surface area contributed by atoms with Gasteiger partial charge in [-0.2, -0.15) is 5.10 Å². The molecule has 25 heavy (non-hydrogen) atoms. The molecule has 0 fully saturated rings. The summed E-state index contributed by atoms with van der Waals surface area (Å²) in [5.74, 6) is 0. The Labute approximate surface area is 144 Å². The molecule has 0 saturated heterocycles. The van der Waals surface area contributed by atoms with Crippen molar-refractivity contribution in [1.82, 2.24) is 19.3 Å². The molecule has 0 spiro atoms. The Hall–Kier alpha value is -3.41. The van der Waals surface area contributed by atoms with E-state index in [1.807, 2.05) is 47.3 Å². The first-order valence-corrected chi connectivity index (χ1v) is 7.99. The van der Waals surface area contributed by atoms with Gasteiger partial charge in [0.2, 0.25) is 0 Å². The second kappa shape index (κ2) is 6.24. The molecule has 4 aromatic rings. The lowest BCUT2D eigenvalue weighted by molar-refractivity contribution is 0.843. The van der Waals surface area contributed by atoms with Gasteiger partial charge < -0.3 is 9.88 Å². The number of aryl methyl sites for hydroxylation is 1. The maximum absolute atomic E-state index is 12.0. The highest BCUT2D eigenvalue weighted by Crippen LogP contribution is 2.16. The largest absolute Gasteiger partial charge is 0.381 e. The molecule has 0 aliphatic rings. The zero-order valence-electron chi connectivity index (χ0n) is 13.8. The molecule has 1 N–H and O–H groups in total. The molecule has 6 nitrogen and oxygen atoms in total. The Balaban J connectivity index is 1.50. The Bertz CT molecular complexity index is 1070. The van der Waals surface area contributed by atoms with Crippen LogP contribution in [0.1, 0.15) is 5.56 Å². The summed E-state index contributed by atoms with van der Waals surface area (Å²) in [6, 6.07) is 15.7. The molecule has 0 unspecified atom stereocenters. The lowest BCUT2D eigenvalue weighted by Crippen LogP contribution is -2.16. The highest BCUT2D eigenvalue weighted by molar-refractivity contribution is 5.81. The quantitative estimate of drug-likeness (QED) is 0.624. The second-order valence-electron chi connectivity index (χ2n) is 5.86. The van der Waals surface area contributed by atoms with Crippen molar-refractivity contribution in [3.05, 3.63) is 83.2 Å². The van der Waals surface area contributed by atoms with Crippen LogP contribution in [0, 0.1) is 0 Å². The number of nitrogens with one attached hydrogen (secondary N) is 1. The molecule has 6 heteroatoms. The van der Waals surface area contributed by atoms with Gasteiger partial charge in [0.05, 0.1) is 22.9 Å². The fourth-order valence-corrected chi connectivity index (χ4v) is 2.71. The monoisotopic (exact) mass is 331 g/mol. The minimum Gasteiger partial charge on any atom is -0.381 e. The van der Waals surface area contributed by atoms with Crippen molar-refractivity contribution in [2.24, 2.45) is 7.05 Å². The first-order valence-electron chi connectivity index (χ1n) is 7.99. The molecule has 2 aromatic carbocycles. The van der Waals surface area contributed by atoms with E-state index >= 15 is 0 Å². The molecule has 0 amide bonds. The van der Waals surface area contributed by atoms with Crippen LogP contribution in [0.5, 0.6) is 0 Å². The topological polar surface area (TPSA) is 64.7 Å². The first kappa shape index (κ1) is 15.1. The van der Waals surface area contributed by atoms with E-state index in [-0.39, 0.29) is 5.56 Å². The summed E-state index contributed by atoms with van der Waals surface area (Å²) in [5, 5.41) is 8.21. The van der Waals surface area contributed by atoms with Crippen molar-refractivity contribution >= 4 is 16.6 Å². The van der Waals surface area contributed by atoms with Crippen LogP contribution >= 0.6 is 0 Å². The molecule has 0 bridgehead atoms. The van der Waals surface area contributed by atoms with Crippen LogP contribution in [-0.4, -0.2) is 19.3 Å². The van der Waals surface area contributed by atoms with E-state index < -0.39 is 0 Å². The van der Waals surface area contributed by atoms with Crippen LogP contribution in [0.3, 0.4) is 0 Å². The number of nitrogens with zero attached hydrogens (tertiary/aromatic N) is 4. The van der Waals surface area contributed by atoms with Crippen molar-refractivity contribution in [2.45, 2.75) is 6.54 Å². The van der Waals surface area contributed by atoms with Crippen molar-refractivity contribution in [1.29, 1.82) is 0 Å². The van der Waals surface area contributed by atoms with Gasteiger partial charge in [-0.15, -0.1) is 0 Å². The van der Waals surface area contributed by atoms with Gasteiger partial charge in [0, 0.05) is 31.7 Å². The number of anilines is 1. The zero-order valence-corrected chi connectivity index (χ0v) is 13.8. The van der Waals surface area contributed by atoms with Crippen molar-refractivity contribution in [3.63, 3.8) is 0 Å². The van der Waals surface area contributed by atoms with Gasteiger partial charge >= 0.3 is 0 Å². The van der Waals surface area contributed by atoms with E-state index in [9.17, 15) is 4.79 Å². The van der Waals surface area contributed by atoms with E-state index in [0.717, 1.165) is 16.9 Å². The predicted molar refractivity (Wildman–Crippen MR) is 97.9 cm³/mol. The molecule has 4 rings (SSSR count). The lowest BCUT2D eigenvalue weighted by atomic mass is 10.2. The van der Waals surface area contributed by atoms with Gasteiger partial charge in [-0.05, 0) is 42.0 Å². The van der Waals surface area contributed by atoms with Crippen LogP contribution in [-0.2, 0) is 13.6 Å². The summed E-state index contributed by atoms with van der Waals surface area (Å²) < 4.78 is 3.31. The van der Waals surface area contributed by atoms with Gasteiger partial charge in [0.15, 0.2) is 0 Å². The van der Waals surface area contributed by atoms with Crippen molar-refractivity contribution < 1.29 is 0 Å². The fourth-order valence-electron chi connectivity index (χ4n) is 2.71. The minimum atomic E-state index is -0.0363. The van der Waals surface area contributed by atoms with E-state index in [0.29, 0.717) is 17.4 Å². The maximum Gasteiger partial charge on any atom is 0.260 e. The molecule has 0 radical (unpaired) electrons. The number of fused-ring (bicyclic) bond motifs is 1.